The molecule has 124 valence electrons. The fraction of sp³-hybridized carbons (Fsp3) is 0.353. The lowest BCUT2D eigenvalue weighted by Gasteiger charge is -2.27. The normalized spacial score (nSPS) is 15.0. The minimum atomic E-state index is 0.673. The van der Waals surface area contributed by atoms with Gasteiger partial charge in [0.25, 0.3) is 0 Å². The van der Waals surface area contributed by atoms with Gasteiger partial charge in [-0.05, 0) is 24.6 Å². The lowest BCUT2D eigenvalue weighted by molar-refractivity contribution is 0.122. The van der Waals surface area contributed by atoms with E-state index >= 15 is 0 Å². The van der Waals surface area contributed by atoms with Crippen molar-refractivity contribution in [2.24, 2.45) is 0 Å². The maximum atomic E-state index is 5.42. The van der Waals surface area contributed by atoms with Crippen LogP contribution in [0.5, 0.6) is 0 Å². The van der Waals surface area contributed by atoms with Crippen LogP contribution in [0, 0.1) is 6.92 Å². The molecule has 7 nitrogen and oxygen atoms in total. The molecule has 0 bridgehead atoms. The molecule has 0 radical (unpaired) electrons. The summed E-state index contributed by atoms with van der Waals surface area (Å²) in [5.41, 5.74) is 3.05. The number of nitrogens with zero attached hydrogens (tertiary/aromatic N) is 4. The third-order valence-corrected chi connectivity index (χ3v) is 4.09. The third-order valence-electron chi connectivity index (χ3n) is 4.09. The van der Waals surface area contributed by atoms with Crippen LogP contribution in [0.25, 0.3) is 11.0 Å². The van der Waals surface area contributed by atoms with Gasteiger partial charge < -0.3 is 19.9 Å². The number of hydrogen-bond donors (Lipinski definition) is 2. The second kappa shape index (κ2) is 6.45. The van der Waals surface area contributed by atoms with Crippen molar-refractivity contribution in [3.63, 3.8) is 0 Å². The Morgan fingerprint density at radius 1 is 1.29 bits per heavy atom. The van der Waals surface area contributed by atoms with Crippen molar-refractivity contribution in [2.75, 3.05) is 36.5 Å². The quantitative estimate of drug-likeness (QED) is 0.765. The van der Waals surface area contributed by atoms with Crippen molar-refractivity contribution in [1.82, 2.24) is 19.9 Å². The summed E-state index contributed by atoms with van der Waals surface area (Å²) in [4.78, 5) is 19.1. The smallest absolute Gasteiger partial charge is 0.229 e. The Morgan fingerprint density at radius 3 is 2.96 bits per heavy atom. The predicted molar refractivity (Wildman–Crippen MR) is 93.2 cm³/mol. The average Bonchev–Trinajstić information content (AvgIpc) is 3.01. The van der Waals surface area contributed by atoms with Crippen molar-refractivity contribution in [1.29, 1.82) is 0 Å². The van der Waals surface area contributed by atoms with E-state index in [1.807, 2.05) is 25.3 Å². The molecule has 3 aromatic rings. The van der Waals surface area contributed by atoms with Gasteiger partial charge in [-0.3, -0.25) is 4.98 Å². The molecular formula is C17H20N6O. The first kappa shape index (κ1) is 14.9. The van der Waals surface area contributed by atoms with Gasteiger partial charge >= 0.3 is 0 Å². The molecule has 1 saturated heterocycles. The number of H-pyrrole nitrogens is 1. The van der Waals surface area contributed by atoms with Crippen LogP contribution >= 0.6 is 0 Å². The van der Waals surface area contributed by atoms with E-state index in [0.717, 1.165) is 47.1 Å². The van der Waals surface area contributed by atoms with E-state index in [1.54, 1.807) is 6.20 Å². The molecule has 7 heteroatoms. The van der Waals surface area contributed by atoms with Crippen LogP contribution in [0.4, 0.5) is 11.8 Å². The Kier molecular flexibility index (Phi) is 4.00. The number of ether oxygens (including phenoxy) is 1. The topological polar surface area (TPSA) is 79.0 Å². The molecule has 0 spiro atoms. The largest absolute Gasteiger partial charge is 0.378 e. The molecule has 24 heavy (non-hydrogen) atoms. The fourth-order valence-corrected chi connectivity index (χ4v) is 2.86. The SMILES string of the molecule is Cc1cc2c(NCc3cccnc3)nc(N3CCOCC3)nc2[nH]1. The standard InChI is InChI=1S/C17H20N6O/c1-12-9-14-15(19-11-13-3-2-4-18-10-13)21-17(22-16(14)20-12)23-5-7-24-8-6-23/h2-4,9-10H,5-8,11H2,1H3,(H2,19,20,21,22). The molecule has 0 atom stereocenters. The molecule has 1 aliphatic rings. The zero-order valence-corrected chi connectivity index (χ0v) is 13.6. The minimum Gasteiger partial charge on any atom is -0.378 e. The zero-order valence-electron chi connectivity index (χ0n) is 13.6. The summed E-state index contributed by atoms with van der Waals surface area (Å²) in [6, 6.07) is 6.06. The summed E-state index contributed by atoms with van der Waals surface area (Å²) >= 11 is 0. The monoisotopic (exact) mass is 324 g/mol. The Hall–Kier alpha value is -2.67. The van der Waals surface area contributed by atoms with Gasteiger partial charge in [0.15, 0.2) is 0 Å². The van der Waals surface area contributed by atoms with Crippen molar-refractivity contribution >= 4 is 22.8 Å². The van der Waals surface area contributed by atoms with Crippen LogP contribution < -0.4 is 10.2 Å². The minimum absolute atomic E-state index is 0.673. The number of morpholine rings is 1. The van der Waals surface area contributed by atoms with Crippen LogP contribution in [-0.2, 0) is 11.3 Å². The van der Waals surface area contributed by atoms with Gasteiger partial charge in [0, 0.05) is 37.7 Å². The van der Waals surface area contributed by atoms with E-state index in [-0.39, 0.29) is 0 Å². The highest BCUT2D eigenvalue weighted by Gasteiger charge is 2.17. The van der Waals surface area contributed by atoms with Gasteiger partial charge in [-0.15, -0.1) is 0 Å². The molecule has 0 aromatic carbocycles. The number of hydrogen-bond acceptors (Lipinski definition) is 6. The van der Waals surface area contributed by atoms with E-state index in [2.05, 4.69) is 31.2 Å². The average molecular weight is 324 g/mol. The Balaban J connectivity index is 1.66. The molecule has 3 aromatic heterocycles. The second-order valence-electron chi connectivity index (χ2n) is 5.90. The molecule has 0 saturated carbocycles. The first-order valence-corrected chi connectivity index (χ1v) is 8.12. The zero-order chi connectivity index (χ0) is 16.4. The number of aromatic nitrogens is 4. The number of aromatic amines is 1. The molecule has 4 rings (SSSR count). The van der Waals surface area contributed by atoms with Crippen molar-refractivity contribution in [3.05, 3.63) is 41.9 Å². The van der Waals surface area contributed by atoms with E-state index < -0.39 is 0 Å². The van der Waals surface area contributed by atoms with Gasteiger partial charge in [0.1, 0.15) is 11.5 Å². The molecule has 4 heterocycles. The second-order valence-corrected chi connectivity index (χ2v) is 5.90. The van der Waals surface area contributed by atoms with Crippen molar-refractivity contribution in [2.45, 2.75) is 13.5 Å². The Bertz CT molecular complexity index is 826. The first-order valence-electron chi connectivity index (χ1n) is 8.12. The molecule has 1 aliphatic heterocycles. The van der Waals surface area contributed by atoms with E-state index in [0.29, 0.717) is 19.8 Å². The molecule has 2 N–H and O–H groups in total. The summed E-state index contributed by atoms with van der Waals surface area (Å²) in [6.45, 7) is 5.75. The van der Waals surface area contributed by atoms with Crippen LogP contribution in [0.15, 0.2) is 30.6 Å². The summed E-state index contributed by atoms with van der Waals surface area (Å²) in [5.74, 6) is 1.58. The summed E-state index contributed by atoms with van der Waals surface area (Å²) < 4.78 is 5.42. The number of aryl methyl sites for hydroxylation is 1. The van der Waals surface area contributed by atoms with Crippen LogP contribution in [-0.4, -0.2) is 46.2 Å². The number of rotatable bonds is 4. The van der Waals surface area contributed by atoms with E-state index in [4.69, 9.17) is 9.72 Å². The number of anilines is 2. The maximum Gasteiger partial charge on any atom is 0.229 e. The highest BCUT2D eigenvalue weighted by atomic mass is 16.5. The van der Waals surface area contributed by atoms with Gasteiger partial charge in [-0.1, -0.05) is 6.07 Å². The fourth-order valence-electron chi connectivity index (χ4n) is 2.86. The lowest BCUT2D eigenvalue weighted by Crippen LogP contribution is -2.37. The van der Waals surface area contributed by atoms with Gasteiger partial charge in [-0.2, -0.15) is 9.97 Å². The summed E-state index contributed by atoms with van der Waals surface area (Å²) in [6.07, 6.45) is 3.63. The van der Waals surface area contributed by atoms with Gasteiger partial charge in [0.2, 0.25) is 5.95 Å². The molecule has 0 unspecified atom stereocenters. The summed E-state index contributed by atoms with van der Waals surface area (Å²) in [7, 11) is 0. The van der Waals surface area contributed by atoms with Gasteiger partial charge in [-0.25, -0.2) is 0 Å². The lowest BCUT2D eigenvalue weighted by atomic mass is 10.3. The third kappa shape index (κ3) is 3.03. The van der Waals surface area contributed by atoms with E-state index in [9.17, 15) is 0 Å². The predicted octanol–water partition coefficient (Wildman–Crippen LogP) is 2.11. The van der Waals surface area contributed by atoms with Crippen molar-refractivity contribution in [3.8, 4) is 0 Å². The number of pyridine rings is 1. The maximum absolute atomic E-state index is 5.42. The highest BCUT2D eigenvalue weighted by molar-refractivity contribution is 5.89. The van der Waals surface area contributed by atoms with Gasteiger partial charge in [0.05, 0.1) is 18.6 Å². The molecule has 0 amide bonds. The van der Waals surface area contributed by atoms with E-state index in [1.165, 1.54) is 0 Å². The first-order chi connectivity index (χ1) is 11.8. The number of nitrogens with one attached hydrogen (secondary N) is 2. The van der Waals surface area contributed by atoms with Crippen molar-refractivity contribution < 1.29 is 4.74 Å². The van der Waals surface area contributed by atoms with Crippen LogP contribution in [0.2, 0.25) is 0 Å². The highest BCUT2D eigenvalue weighted by Crippen LogP contribution is 2.25. The molecular weight excluding hydrogens is 304 g/mol. The summed E-state index contributed by atoms with van der Waals surface area (Å²) in [5, 5.41) is 4.44. The Morgan fingerprint density at radius 2 is 2.17 bits per heavy atom. The molecule has 0 aliphatic carbocycles. The van der Waals surface area contributed by atoms with Crippen LogP contribution in [0.3, 0.4) is 0 Å². The molecule has 1 fully saturated rings. The number of fused-ring (bicyclic) bond motifs is 1. The Labute approximate surface area is 140 Å². The van der Waals surface area contributed by atoms with Crippen LogP contribution in [0.1, 0.15) is 11.3 Å².